The highest BCUT2D eigenvalue weighted by atomic mass is 127. The minimum absolute atomic E-state index is 0. The zero-order chi connectivity index (χ0) is 20.5. The largest absolute Gasteiger partial charge is 0.481 e. The Balaban J connectivity index is 0.00000320. The van der Waals surface area contributed by atoms with Crippen molar-refractivity contribution >= 4 is 29.9 Å². The number of hydrogen-bond acceptors (Lipinski definition) is 4. The van der Waals surface area contributed by atoms with Crippen LogP contribution in [0.5, 0.6) is 5.88 Å². The first-order valence-electron chi connectivity index (χ1n) is 10.4. The number of nitrogens with one attached hydrogen (secondary N) is 2. The van der Waals surface area contributed by atoms with Crippen LogP contribution < -0.4 is 15.4 Å². The second-order valence-corrected chi connectivity index (χ2v) is 7.39. The van der Waals surface area contributed by atoms with E-state index in [1.807, 2.05) is 12.1 Å². The van der Waals surface area contributed by atoms with Crippen LogP contribution in [0.15, 0.2) is 47.6 Å². The van der Waals surface area contributed by atoms with Crippen molar-refractivity contribution in [2.24, 2.45) is 10.9 Å². The molecule has 164 valence electrons. The highest BCUT2D eigenvalue weighted by molar-refractivity contribution is 14.0. The van der Waals surface area contributed by atoms with Crippen molar-refractivity contribution in [2.75, 3.05) is 26.8 Å². The second kappa shape index (κ2) is 12.7. The normalized spacial score (nSPS) is 19.0. The van der Waals surface area contributed by atoms with Gasteiger partial charge in [-0.2, -0.15) is 0 Å². The van der Waals surface area contributed by atoms with Crippen LogP contribution in [0.1, 0.15) is 42.6 Å². The molecule has 2 N–H and O–H groups in total. The number of pyridine rings is 1. The maximum absolute atomic E-state index is 6.14. The van der Waals surface area contributed by atoms with Crippen molar-refractivity contribution in [2.45, 2.75) is 39.3 Å². The Kier molecular flexibility index (Phi) is 10.4. The zero-order valence-electron chi connectivity index (χ0n) is 18.1. The molecule has 1 aromatic heterocycles. The summed E-state index contributed by atoms with van der Waals surface area (Å²) >= 11 is 0. The SMILES string of the molecule is CCNC(=NCc1ccc(OC)nc1)NCC1CCCOC1c1ccc(C)cc1.I. The lowest BCUT2D eigenvalue weighted by Gasteiger charge is -2.32. The molecule has 7 heteroatoms. The third-order valence-electron chi connectivity index (χ3n) is 5.15. The van der Waals surface area contributed by atoms with Gasteiger partial charge in [0.25, 0.3) is 0 Å². The third-order valence-corrected chi connectivity index (χ3v) is 5.15. The van der Waals surface area contributed by atoms with Gasteiger partial charge in [0.2, 0.25) is 5.88 Å². The van der Waals surface area contributed by atoms with E-state index in [1.54, 1.807) is 13.3 Å². The number of halogens is 1. The summed E-state index contributed by atoms with van der Waals surface area (Å²) in [6.45, 7) is 7.22. The quantitative estimate of drug-likeness (QED) is 0.322. The molecule has 0 bridgehead atoms. The molecular weight excluding hydrogens is 491 g/mol. The summed E-state index contributed by atoms with van der Waals surface area (Å²) in [6, 6.07) is 12.5. The summed E-state index contributed by atoms with van der Waals surface area (Å²) in [5, 5.41) is 6.84. The maximum Gasteiger partial charge on any atom is 0.212 e. The highest BCUT2D eigenvalue weighted by Gasteiger charge is 2.27. The first-order chi connectivity index (χ1) is 14.2. The van der Waals surface area contributed by atoms with E-state index in [-0.39, 0.29) is 30.1 Å². The fourth-order valence-electron chi connectivity index (χ4n) is 3.54. The van der Waals surface area contributed by atoms with E-state index in [9.17, 15) is 0 Å². The molecule has 6 nitrogen and oxygen atoms in total. The van der Waals surface area contributed by atoms with Gasteiger partial charge in [0.15, 0.2) is 5.96 Å². The Hall–Kier alpha value is -1.87. The van der Waals surface area contributed by atoms with Crippen LogP contribution in [0.4, 0.5) is 0 Å². The maximum atomic E-state index is 6.14. The van der Waals surface area contributed by atoms with E-state index in [4.69, 9.17) is 14.5 Å². The minimum atomic E-state index is 0. The van der Waals surface area contributed by atoms with Crippen LogP contribution in [0.25, 0.3) is 0 Å². The van der Waals surface area contributed by atoms with Gasteiger partial charge in [0, 0.05) is 37.9 Å². The standard InChI is InChI=1S/C23H32N4O2.HI/c1-4-24-23(26-15-18-9-12-21(28-3)25-14-18)27-16-20-6-5-13-29-22(20)19-10-7-17(2)8-11-19;/h7-12,14,20,22H,4-6,13,15-16H2,1-3H3,(H2,24,26,27);1H. The summed E-state index contributed by atoms with van der Waals surface area (Å²) in [5.41, 5.74) is 3.57. The summed E-state index contributed by atoms with van der Waals surface area (Å²) < 4.78 is 11.2. The Morgan fingerprint density at radius 2 is 2.00 bits per heavy atom. The van der Waals surface area contributed by atoms with E-state index < -0.39 is 0 Å². The molecule has 0 spiro atoms. The average molecular weight is 524 g/mol. The van der Waals surface area contributed by atoms with Gasteiger partial charge < -0.3 is 20.1 Å². The minimum Gasteiger partial charge on any atom is -0.481 e. The van der Waals surface area contributed by atoms with E-state index in [0.29, 0.717) is 18.3 Å². The molecule has 0 amide bonds. The van der Waals surface area contributed by atoms with Crippen LogP contribution in [0.3, 0.4) is 0 Å². The molecule has 30 heavy (non-hydrogen) atoms. The van der Waals surface area contributed by atoms with Gasteiger partial charge in [0.1, 0.15) is 0 Å². The van der Waals surface area contributed by atoms with Crippen LogP contribution in [-0.4, -0.2) is 37.7 Å². The smallest absolute Gasteiger partial charge is 0.212 e. The molecule has 1 fully saturated rings. The van der Waals surface area contributed by atoms with Crippen molar-refractivity contribution in [3.8, 4) is 5.88 Å². The van der Waals surface area contributed by atoms with Gasteiger partial charge in [-0.05, 0) is 37.8 Å². The monoisotopic (exact) mass is 524 g/mol. The van der Waals surface area contributed by atoms with Gasteiger partial charge in [-0.3, -0.25) is 0 Å². The number of benzene rings is 1. The van der Waals surface area contributed by atoms with E-state index in [1.165, 1.54) is 11.1 Å². The third kappa shape index (κ3) is 7.12. The number of rotatable bonds is 7. The lowest BCUT2D eigenvalue weighted by atomic mass is 9.89. The first kappa shape index (κ1) is 24.4. The number of aliphatic imine (C=N–C) groups is 1. The van der Waals surface area contributed by atoms with Crippen molar-refractivity contribution in [1.82, 2.24) is 15.6 Å². The van der Waals surface area contributed by atoms with Crippen LogP contribution in [0.2, 0.25) is 0 Å². The summed E-state index contributed by atoms with van der Waals surface area (Å²) in [6.07, 6.45) is 4.17. The molecule has 2 aromatic rings. The number of guanidine groups is 1. The molecule has 3 rings (SSSR count). The molecule has 0 aliphatic carbocycles. The Labute approximate surface area is 196 Å². The van der Waals surface area contributed by atoms with Gasteiger partial charge >= 0.3 is 0 Å². The van der Waals surface area contributed by atoms with Gasteiger partial charge in [-0.1, -0.05) is 35.9 Å². The molecule has 1 aromatic carbocycles. The molecule has 1 aliphatic heterocycles. The number of aryl methyl sites for hydroxylation is 1. The predicted octanol–water partition coefficient (Wildman–Crippen LogP) is 4.24. The molecule has 2 atom stereocenters. The average Bonchev–Trinajstić information content (AvgIpc) is 2.77. The number of methoxy groups -OCH3 is 1. The Morgan fingerprint density at radius 3 is 2.67 bits per heavy atom. The Bertz CT molecular complexity index is 781. The van der Waals surface area contributed by atoms with Gasteiger partial charge in [-0.15, -0.1) is 24.0 Å². The van der Waals surface area contributed by atoms with Crippen molar-refractivity contribution in [3.63, 3.8) is 0 Å². The van der Waals surface area contributed by atoms with E-state index in [0.717, 1.165) is 44.1 Å². The summed E-state index contributed by atoms with van der Waals surface area (Å²) in [4.78, 5) is 8.95. The Morgan fingerprint density at radius 1 is 1.20 bits per heavy atom. The lowest BCUT2D eigenvalue weighted by Crippen LogP contribution is -2.42. The van der Waals surface area contributed by atoms with Crippen LogP contribution in [-0.2, 0) is 11.3 Å². The fraction of sp³-hybridized carbons (Fsp3) is 0.478. The zero-order valence-corrected chi connectivity index (χ0v) is 20.4. The molecule has 2 unspecified atom stereocenters. The van der Waals surface area contributed by atoms with Crippen molar-refractivity contribution < 1.29 is 9.47 Å². The number of hydrogen-bond donors (Lipinski definition) is 2. The molecule has 2 heterocycles. The molecule has 0 radical (unpaired) electrons. The van der Waals surface area contributed by atoms with Crippen molar-refractivity contribution in [3.05, 3.63) is 59.3 Å². The van der Waals surface area contributed by atoms with E-state index >= 15 is 0 Å². The first-order valence-corrected chi connectivity index (χ1v) is 10.4. The second-order valence-electron chi connectivity index (χ2n) is 7.39. The highest BCUT2D eigenvalue weighted by Crippen LogP contribution is 2.33. The van der Waals surface area contributed by atoms with Crippen LogP contribution >= 0.6 is 24.0 Å². The van der Waals surface area contributed by atoms with Gasteiger partial charge in [0.05, 0.1) is 19.8 Å². The molecule has 0 saturated carbocycles. The van der Waals surface area contributed by atoms with Crippen LogP contribution in [0, 0.1) is 12.8 Å². The fourth-order valence-corrected chi connectivity index (χ4v) is 3.54. The van der Waals surface area contributed by atoms with E-state index in [2.05, 4.69) is 53.7 Å². The topological polar surface area (TPSA) is 67.8 Å². The van der Waals surface area contributed by atoms with Crippen molar-refractivity contribution in [1.29, 1.82) is 0 Å². The lowest BCUT2D eigenvalue weighted by molar-refractivity contribution is -0.0265. The molecule has 1 aliphatic rings. The predicted molar refractivity (Wildman–Crippen MR) is 132 cm³/mol. The number of nitrogens with zero attached hydrogens (tertiary/aromatic N) is 2. The summed E-state index contributed by atoms with van der Waals surface area (Å²) in [7, 11) is 1.62. The van der Waals surface area contributed by atoms with Gasteiger partial charge in [-0.25, -0.2) is 9.98 Å². The molecule has 1 saturated heterocycles. The summed E-state index contributed by atoms with van der Waals surface area (Å²) in [5.74, 6) is 1.84. The number of ether oxygens (including phenoxy) is 2. The molecular formula is C23H33IN4O2. The number of aromatic nitrogens is 1.